The van der Waals surface area contributed by atoms with Crippen molar-refractivity contribution in [1.82, 2.24) is 10.6 Å². The number of benzene rings is 1. The summed E-state index contributed by atoms with van der Waals surface area (Å²) < 4.78 is 0. The number of hydrogen-bond acceptors (Lipinski definition) is 3. The van der Waals surface area contributed by atoms with Crippen LogP contribution in [0.5, 0.6) is 0 Å². The van der Waals surface area contributed by atoms with E-state index in [1.807, 2.05) is 30.3 Å². The van der Waals surface area contributed by atoms with Gasteiger partial charge in [-0.05, 0) is 18.6 Å². The highest BCUT2D eigenvalue weighted by Crippen LogP contribution is 2.04. The molecule has 5 heteroatoms. The van der Waals surface area contributed by atoms with E-state index in [0.717, 1.165) is 25.2 Å². The standard InChI is InChI=1S/C11H14N4O/c16-11(14-9-5-2-1-3-6-9)15-10-12-7-4-8-13-10/h1-3,5-6H,4,7-8H2,(H3,12,13,14,15,16). The van der Waals surface area contributed by atoms with E-state index in [4.69, 9.17) is 0 Å². The van der Waals surface area contributed by atoms with Crippen molar-refractivity contribution >= 4 is 17.7 Å². The van der Waals surface area contributed by atoms with Gasteiger partial charge in [-0.3, -0.25) is 10.3 Å². The topological polar surface area (TPSA) is 65.5 Å². The molecule has 0 spiro atoms. The van der Waals surface area contributed by atoms with Crippen LogP contribution >= 0.6 is 0 Å². The molecule has 0 fully saturated rings. The van der Waals surface area contributed by atoms with Gasteiger partial charge in [-0.25, -0.2) is 4.79 Å². The van der Waals surface area contributed by atoms with Crippen LogP contribution in [0.25, 0.3) is 0 Å². The highest BCUT2D eigenvalue weighted by molar-refractivity contribution is 6.02. The summed E-state index contributed by atoms with van der Waals surface area (Å²) in [6.45, 7) is 1.61. The van der Waals surface area contributed by atoms with E-state index in [0.29, 0.717) is 5.96 Å². The summed E-state index contributed by atoms with van der Waals surface area (Å²) >= 11 is 0. The number of carbonyl (C=O) groups is 1. The molecule has 0 atom stereocenters. The second-order valence-corrected chi connectivity index (χ2v) is 3.46. The van der Waals surface area contributed by atoms with Gasteiger partial charge in [0.25, 0.3) is 0 Å². The predicted octanol–water partition coefficient (Wildman–Crippen LogP) is 1.16. The minimum atomic E-state index is -0.278. The monoisotopic (exact) mass is 218 g/mol. The van der Waals surface area contributed by atoms with Crippen LogP contribution in [0.1, 0.15) is 6.42 Å². The molecule has 1 heterocycles. The zero-order valence-electron chi connectivity index (χ0n) is 8.86. The fraction of sp³-hybridized carbons (Fsp3) is 0.273. The van der Waals surface area contributed by atoms with Crippen molar-refractivity contribution in [2.45, 2.75) is 6.42 Å². The summed E-state index contributed by atoms with van der Waals surface area (Å²) in [6.07, 6.45) is 1.01. The van der Waals surface area contributed by atoms with Crippen LogP contribution in [0.15, 0.2) is 35.3 Å². The number of anilines is 1. The van der Waals surface area contributed by atoms with Crippen LogP contribution in [-0.2, 0) is 0 Å². The Morgan fingerprint density at radius 3 is 2.75 bits per heavy atom. The maximum absolute atomic E-state index is 11.5. The number of hydrogen-bond donors (Lipinski definition) is 3. The summed E-state index contributed by atoms with van der Waals surface area (Å²) in [5.41, 5.74) is 0.761. The third-order valence-corrected chi connectivity index (χ3v) is 2.16. The minimum absolute atomic E-state index is 0.278. The number of carbonyl (C=O) groups excluding carboxylic acids is 1. The zero-order valence-corrected chi connectivity index (χ0v) is 8.86. The van der Waals surface area contributed by atoms with Crippen molar-refractivity contribution in [3.63, 3.8) is 0 Å². The Bertz CT molecular complexity index is 388. The van der Waals surface area contributed by atoms with Crippen molar-refractivity contribution < 1.29 is 4.79 Å². The number of para-hydroxylation sites is 1. The molecule has 0 aliphatic carbocycles. The van der Waals surface area contributed by atoms with Crippen molar-refractivity contribution in [2.75, 3.05) is 18.4 Å². The Morgan fingerprint density at radius 2 is 2.06 bits per heavy atom. The lowest BCUT2D eigenvalue weighted by Crippen LogP contribution is -2.45. The Hall–Kier alpha value is -2.04. The molecule has 1 aliphatic heterocycles. The first-order chi connectivity index (χ1) is 7.84. The summed E-state index contributed by atoms with van der Waals surface area (Å²) in [5.74, 6) is 0.541. The first-order valence-corrected chi connectivity index (χ1v) is 5.26. The second-order valence-electron chi connectivity index (χ2n) is 3.46. The number of amides is 2. The number of guanidine groups is 1. The minimum Gasteiger partial charge on any atom is -0.356 e. The SMILES string of the molecule is O=C(NC1=NCCCN1)Nc1ccccc1. The molecule has 1 aromatic rings. The fourth-order valence-corrected chi connectivity index (χ4v) is 1.41. The number of nitrogens with one attached hydrogen (secondary N) is 3. The van der Waals surface area contributed by atoms with E-state index in [2.05, 4.69) is 20.9 Å². The van der Waals surface area contributed by atoms with E-state index in [9.17, 15) is 4.79 Å². The average Bonchev–Trinajstić information content (AvgIpc) is 2.31. The van der Waals surface area contributed by atoms with Crippen molar-refractivity contribution in [2.24, 2.45) is 4.99 Å². The zero-order chi connectivity index (χ0) is 11.2. The quantitative estimate of drug-likeness (QED) is 0.662. The van der Waals surface area contributed by atoms with Gasteiger partial charge >= 0.3 is 6.03 Å². The van der Waals surface area contributed by atoms with Crippen LogP contribution in [0.3, 0.4) is 0 Å². The highest BCUT2D eigenvalue weighted by atomic mass is 16.2. The summed E-state index contributed by atoms with van der Waals surface area (Å²) in [5, 5.41) is 8.39. The molecule has 84 valence electrons. The molecule has 3 N–H and O–H groups in total. The number of nitrogens with zero attached hydrogens (tertiary/aromatic N) is 1. The Kier molecular flexibility index (Phi) is 3.38. The van der Waals surface area contributed by atoms with Gasteiger partial charge in [-0.2, -0.15) is 0 Å². The molecule has 0 saturated heterocycles. The fourth-order valence-electron chi connectivity index (χ4n) is 1.41. The molecular formula is C11H14N4O. The number of aliphatic imine (C=N–C) groups is 1. The van der Waals surface area contributed by atoms with Gasteiger partial charge in [-0.1, -0.05) is 18.2 Å². The van der Waals surface area contributed by atoms with Crippen LogP contribution in [-0.4, -0.2) is 25.1 Å². The highest BCUT2D eigenvalue weighted by Gasteiger charge is 2.07. The molecule has 16 heavy (non-hydrogen) atoms. The van der Waals surface area contributed by atoms with Crippen LogP contribution in [0.2, 0.25) is 0 Å². The van der Waals surface area contributed by atoms with Gasteiger partial charge in [0.2, 0.25) is 0 Å². The van der Waals surface area contributed by atoms with E-state index in [1.54, 1.807) is 0 Å². The lowest BCUT2D eigenvalue weighted by molar-refractivity contribution is 0.255. The molecule has 2 amide bonds. The van der Waals surface area contributed by atoms with E-state index in [-0.39, 0.29) is 6.03 Å². The first kappa shape index (κ1) is 10.5. The lowest BCUT2D eigenvalue weighted by atomic mass is 10.3. The van der Waals surface area contributed by atoms with Crippen LogP contribution < -0.4 is 16.0 Å². The van der Waals surface area contributed by atoms with Gasteiger partial charge in [0.05, 0.1) is 0 Å². The number of rotatable bonds is 1. The molecule has 0 radical (unpaired) electrons. The molecule has 2 rings (SSSR count). The van der Waals surface area contributed by atoms with Crippen molar-refractivity contribution in [1.29, 1.82) is 0 Å². The van der Waals surface area contributed by atoms with Gasteiger partial charge in [-0.15, -0.1) is 0 Å². The summed E-state index contributed by atoms with van der Waals surface area (Å²) in [6, 6.07) is 9.01. The predicted molar refractivity (Wildman–Crippen MR) is 63.5 cm³/mol. The van der Waals surface area contributed by atoms with Crippen LogP contribution in [0, 0.1) is 0 Å². The van der Waals surface area contributed by atoms with Crippen molar-refractivity contribution in [3.05, 3.63) is 30.3 Å². The Balaban J connectivity index is 1.87. The van der Waals surface area contributed by atoms with Gasteiger partial charge in [0, 0.05) is 18.8 Å². The maximum atomic E-state index is 11.5. The molecule has 1 aromatic carbocycles. The van der Waals surface area contributed by atoms with Gasteiger partial charge in [0.1, 0.15) is 0 Å². The van der Waals surface area contributed by atoms with E-state index < -0.39 is 0 Å². The molecule has 0 bridgehead atoms. The third-order valence-electron chi connectivity index (χ3n) is 2.16. The smallest absolute Gasteiger partial charge is 0.325 e. The second kappa shape index (κ2) is 5.16. The lowest BCUT2D eigenvalue weighted by Gasteiger charge is -2.15. The van der Waals surface area contributed by atoms with Crippen LogP contribution in [0.4, 0.5) is 10.5 Å². The molecule has 0 aromatic heterocycles. The Morgan fingerprint density at radius 1 is 1.25 bits per heavy atom. The summed E-state index contributed by atoms with van der Waals surface area (Å²) in [7, 11) is 0. The largest absolute Gasteiger partial charge is 0.356 e. The Labute approximate surface area is 94.0 Å². The molecular weight excluding hydrogens is 204 g/mol. The molecule has 1 aliphatic rings. The third kappa shape index (κ3) is 2.98. The maximum Gasteiger partial charge on any atom is 0.325 e. The molecule has 0 saturated carbocycles. The molecule has 5 nitrogen and oxygen atoms in total. The van der Waals surface area contributed by atoms with Gasteiger partial charge in [0.15, 0.2) is 5.96 Å². The summed E-state index contributed by atoms with van der Waals surface area (Å²) in [4.78, 5) is 15.7. The number of urea groups is 1. The van der Waals surface area contributed by atoms with Gasteiger partial charge < -0.3 is 10.6 Å². The average molecular weight is 218 g/mol. The molecule has 0 unspecified atom stereocenters. The first-order valence-electron chi connectivity index (χ1n) is 5.26. The van der Waals surface area contributed by atoms with E-state index >= 15 is 0 Å². The van der Waals surface area contributed by atoms with E-state index in [1.165, 1.54) is 0 Å². The normalized spacial score (nSPS) is 14.6. The van der Waals surface area contributed by atoms with Crippen molar-refractivity contribution in [3.8, 4) is 0 Å².